The minimum atomic E-state index is -5.39. The van der Waals surface area contributed by atoms with Gasteiger partial charge in [0.15, 0.2) is 0 Å². The molecule has 0 aliphatic carbocycles. The number of hydrogen-bond donors (Lipinski definition) is 2. The lowest BCUT2D eigenvalue weighted by molar-refractivity contribution is -0.0429. The minimum Gasteiger partial charge on any atom is -0.492 e. The van der Waals surface area contributed by atoms with Crippen LogP contribution in [0.1, 0.15) is 0 Å². The van der Waals surface area contributed by atoms with Crippen LogP contribution in [0.2, 0.25) is 0 Å². The largest absolute Gasteiger partial charge is 0.516 e. The van der Waals surface area contributed by atoms with Gasteiger partial charge in [0.05, 0.1) is 0 Å². The zero-order valence-corrected chi connectivity index (χ0v) is 9.88. The average molecular weight is 284 g/mol. The Labute approximate surface area is 102 Å². The molecule has 102 valence electrons. The Morgan fingerprint density at radius 2 is 1.78 bits per heavy atom. The van der Waals surface area contributed by atoms with E-state index in [1.807, 2.05) is 0 Å². The van der Waals surface area contributed by atoms with Crippen LogP contribution in [-0.2, 0) is 10.0 Å². The summed E-state index contributed by atoms with van der Waals surface area (Å²) in [5.41, 5.74) is -0.351. The van der Waals surface area contributed by atoms with Crippen LogP contribution in [0.25, 0.3) is 0 Å². The van der Waals surface area contributed by atoms with Crippen molar-refractivity contribution < 1.29 is 26.3 Å². The van der Waals surface area contributed by atoms with Gasteiger partial charge in [0.2, 0.25) is 0 Å². The first kappa shape index (κ1) is 14.6. The molecule has 9 heteroatoms. The molecule has 1 aromatic rings. The molecule has 0 saturated carbocycles. The molecule has 0 atom stereocenters. The van der Waals surface area contributed by atoms with Crippen molar-refractivity contribution in [3.63, 3.8) is 0 Å². The van der Waals surface area contributed by atoms with Crippen molar-refractivity contribution in [2.24, 2.45) is 5.73 Å². The first-order valence-electron chi connectivity index (χ1n) is 4.78. The summed E-state index contributed by atoms with van der Waals surface area (Å²) >= 11 is 0. The molecule has 3 N–H and O–H groups in total. The highest BCUT2D eigenvalue weighted by atomic mass is 32.2. The molecule has 0 spiro atoms. The van der Waals surface area contributed by atoms with E-state index in [9.17, 15) is 21.6 Å². The van der Waals surface area contributed by atoms with E-state index in [0.717, 1.165) is 12.1 Å². The van der Waals surface area contributed by atoms with Gasteiger partial charge in [0.1, 0.15) is 12.4 Å². The number of anilines is 1. The highest BCUT2D eigenvalue weighted by Gasteiger charge is 2.45. The maximum absolute atomic E-state index is 12.1. The topological polar surface area (TPSA) is 81.4 Å². The van der Waals surface area contributed by atoms with E-state index in [0.29, 0.717) is 12.3 Å². The second kappa shape index (κ2) is 5.44. The van der Waals surface area contributed by atoms with Gasteiger partial charge in [-0.05, 0) is 24.3 Å². The summed E-state index contributed by atoms with van der Waals surface area (Å²) in [6, 6.07) is 5.00. The van der Waals surface area contributed by atoms with Crippen molar-refractivity contribution in [1.82, 2.24) is 0 Å². The van der Waals surface area contributed by atoms with Gasteiger partial charge in [-0.25, -0.2) is 0 Å². The molecule has 0 unspecified atom stereocenters. The van der Waals surface area contributed by atoms with Crippen molar-refractivity contribution >= 4 is 15.7 Å². The van der Waals surface area contributed by atoms with Gasteiger partial charge in [-0.3, -0.25) is 4.72 Å². The Hall–Kier alpha value is -1.48. The normalized spacial score (nSPS) is 12.2. The quantitative estimate of drug-likeness (QED) is 0.853. The number of sulfonamides is 1. The fourth-order valence-electron chi connectivity index (χ4n) is 1.01. The van der Waals surface area contributed by atoms with Crippen LogP contribution < -0.4 is 15.2 Å². The lowest BCUT2D eigenvalue weighted by Crippen LogP contribution is -2.29. The Morgan fingerprint density at radius 3 is 2.22 bits per heavy atom. The first-order chi connectivity index (χ1) is 8.26. The van der Waals surface area contributed by atoms with Gasteiger partial charge in [-0.1, -0.05) is 0 Å². The Kier molecular flexibility index (Phi) is 4.41. The molecule has 0 aromatic heterocycles. The zero-order chi connectivity index (χ0) is 13.8. The lowest BCUT2D eigenvalue weighted by Gasteiger charge is -2.11. The molecule has 18 heavy (non-hydrogen) atoms. The minimum absolute atomic E-state index is 0.201. The standard InChI is InChI=1S/C9H11F3N2O3S/c10-9(11,12)18(15,16)14-7-1-3-8(4-2-7)17-6-5-13/h1-4,14H,5-6,13H2. The molecular formula is C9H11F3N2O3S. The van der Waals surface area contributed by atoms with Crippen LogP contribution in [0.5, 0.6) is 5.75 Å². The number of nitrogens with two attached hydrogens (primary N) is 1. The van der Waals surface area contributed by atoms with E-state index in [1.54, 1.807) is 0 Å². The summed E-state index contributed by atoms with van der Waals surface area (Å²) < 4.78 is 64.3. The van der Waals surface area contributed by atoms with Crippen molar-refractivity contribution in [3.8, 4) is 5.75 Å². The molecule has 0 amide bonds. The molecule has 0 fully saturated rings. The third-order valence-corrected chi connectivity index (χ3v) is 2.91. The highest BCUT2D eigenvalue weighted by molar-refractivity contribution is 7.93. The number of hydrogen-bond acceptors (Lipinski definition) is 4. The average Bonchev–Trinajstić information content (AvgIpc) is 2.26. The molecule has 1 aromatic carbocycles. The summed E-state index contributed by atoms with van der Waals surface area (Å²) in [7, 11) is -5.39. The molecule has 0 saturated heterocycles. The second-order valence-corrected chi connectivity index (χ2v) is 4.89. The van der Waals surface area contributed by atoms with E-state index in [-0.39, 0.29) is 12.3 Å². The summed E-state index contributed by atoms with van der Waals surface area (Å²) in [6.07, 6.45) is 0. The predicted molar refractivity (Wildman–Crippen MR) is 59.6 cm³/mol. The number of ether oxygens (including phenoxy) is 1. The lowest BCUT2D eigenvalue weighted by atomic mass is 10.3. The highest BCUT2D eigenvalue weighted by Crippen LogP contribution is 2.26. The fraction of sp³-hybridized carbons (Fsp3) is 0.333. The summed E-state index contributed by atoms with van der Waals surface area (Å²) in [5.74, 6) is 0.385. The van der Waals surface area contributed by atoms with E-state index < -0.39 is 15.5 Å². The molecule has 0 aliphatic heterocycles. The van der Waals surface area contributed by atoms with Crippen LogP contribution in [0.3, 0.4) is 0 Å². The van der Waals surface area contributed by atoms with Crippen LogP contribution in [0.15, 0.2) is 24.3 Å². The number of benzene rings is 1. The molecular weight excluding hydrogens is 273 g/mol. The van der Waals surface area contributed by atoms with Gasteiger partial charge in [-0.15, -0.1) is 0 Å². The summed E-state index contributed by atoms with van der Waals surface area (Å²) in [5, 5.41) is 0. The maximum atomic E-state index is 12.1. The van der Waals surface area contributed by atoms with Gasteiger partial charge in [0.25, 0.3) is 0 Å². The van der Waals surface area contributed by atoms with E-state index in [4.69, 9.17) is 10.5 Å². The third kappa shape index (κ3) is 3.77. The van der Waals surface area contributed by atoms with Gasteiger partial charge in [-0.2, -0.15) is 21.6 Å². The van der Waals surface area contributed by atoms with Gasteiger partial charge >= 0.3 is 15.5 Å². The van der Waals surface area contributed by atoms with Crippen LogP contribution >= 0.6 is 0 Å². The maximum Gasteiger partial charge on any atom is 0.516 e. The van der Waals surface area contributed by atoms with Crippen molar-refractivity contribution in [2.75, 3.05) is 17.9 Å². The van der Waals surface area contributed by atoms with Crippen LogP contribution in [0, 0.1) is 0 Å². The van der Waals surface area contributed by atoms with E-state index in [2.05, 4.69) is 0 Å². The molecule has 0 bridgehead atoms. The predicted octanol–water partition coefficient (Wildman–Crippen LogP) is 1.29. The first-order valence-corrected chi connectivity index (χ1v) is 6.26. The SMILES string of the molecule is NCCOc1ccc(NS(=O)(=O)C(F)(F)F)cc1. The molecule has 0 heterocycles. The molecule has 0 aliphatic rings. The van der Waals surface area contributed by atoms with E-state index >= 15 is 0 Å². The second-order valence-electron chi connectivity index (χ2n) is 3.21. The van der Waals surface area contributed by atoms with Crippen LogP contribution in [0.4, 0.5) is 18.9 Å². The number of nitrogens with one attached hydrogen (secondary N) is 1. The Morgan fingerprint density at radius 1 is 1.22 bits per heavy atom. The number of rotatable bonds is 5. The fourth-order valence-corrected chi connectivity index (χ4v) is 1.57. The van der Waals surface area contributed by atoms with Gasteiger partial charge < -0.3 is 10.5 Å². The molecule has 5 nitrogen and oxygen atoms in total. The monoisotopic (exact) mass is 284 g/mol. The number of halogens is 3. The third-order valence-electron chi connectivity index (χ3n) is 1.80. The van der Waals surface area contributed by atoms with Crippen molar-refractivity contribution in [1.29, 1.82) is 0 Å². The Balaban J connectivity index is 2.76. The van der Waals surface area contributed by atoms with Gasteiger partial charge in [0, 0.05) is 12.2 Å². The van der Waals surface area contributed by atoms with Crippen molar-refractivity contribution in [2.45, 2.75) is 5.51 Å². The smallest absolute Gasteiger partial charge is 0.492 e. The summed E-state index contributed by atoms with van der Waals surface area (Å²) in [4.78, 5) is 0. The number of alkyl halides is 3. The molecule has 0 radical (unpaired) electrons. The van der Waals surface area contributed by atoms with E-state index in [1.165, 1.54) is 16.9 Å². The molecule has 1 rings (SSSR count). The van der Waals surface area contributed by atoms with Crippen LogP contribution in [-0.4, -0.2) is 27.1 Å². The zero-order valence-electron chi connectivity index (χ0n) is 9.07. The summed E-state index contributed by atoms with van der Waals surface area (Å²) in [6.45, 7) is 0.552. The van der Waals surface area contributed by atoms with Crippen molar-refractivity contribution in [3.05, 3.63) is 24.3 Å². The Bertz CT molecular complexity index is 485.